The van der Waals surface area contributed by atoms with Gasteiger partial charge in [-0.1, -0.05) is 17.3 Å². The maximum absolute atomic E-state index is 11.1. The van der Waals surface area contributed by atoms with Gasteiger partial charge in [0.05, 0.1) is 5.69 Å². The molecule has 2 aromatic heterocycles. The summed E-state index contributed by atoms with van der Waals surface area (Å²) in [6.07, 6.45) is 0. The minimum Gasteiger partial charge on any atom is -0.475 e. The first-order chi connectivity index (χ1) is 9.08. The largest absolute Gasteiger partial charge is 0.475 e. The minimum atomic E-state index is -1.08. The number of aryl methyl sites for hydroxylation is 2. The summed E-state index contributed by atoms with van der Waals surface area (Å²) >= 11 is 0. The van der Waals surface area contributed by atoms with E-state index < -0.39 is 5.97 Å². The molecule has 0 radical (unpaired) electrons. The molecule has 0 aliphatic heterocycles. The van der Waals surface area contributed by atoms with Crippen LogP contribution in [0.3, 0.4) is 0 Å². The van der Waals surface area contributed by atoms with Crippen molar-refractivity contribution in [3.63, 3.8) is 0 Å². The zero-order valence-electron chi connectivity index (χ0n) is 10.4. The number of carboxylic acid groups (broad SMARTS) is 1. The van der Waals surface area contributed by atoms with Gasteiger partial charge >= 0.3 is 5.97 Å². The molecule has 0 atom stereocenters. The van der Waals surface area contributed by atoms with Gasteiger partial charge < -0.3 is 14.0 Å². The lowest BCUT2D eigenvalue weighted by atomic mass is 10.0. The number of hydrogen-bond acceptors (Lipinski definition) is 4. The molecule has 0 fully saturated rings. The number of fused-ring (bicyclic) bond motifs is 1. The molecule has 0 bridgehead atoms. The van der Waals surface area contributed by atoms with Gasteiger partial charge in [-0.25, -0.2) is 4.79 Å². The number of carboxylic acids is 1. The van der Waals surface area contributed by atoms with Crippen molar-refractivity contribution < 1.29 is 18.8 Å². The molecule has 0 aliphatic carbocycles. The van der Waals surface area contributed by atoms with Crippen LogP contribution >= 0.6 is 0 Å². The van der Waals surface area contributed by atoms with Crippen molar-refractivity contribution in [1.82, 2.24) is 5.16 Å². The van der Waals surface area contributed by atoms with E-state index in [1.165, 1.54) is 0 Å². The minimum absolute atomic E-state index is 0.0429. The number of rotatable bonds is 2. The molecule has 96 valence electrons. The molecule has 0 saturated heterocycles. The second-order valence-electron chi connectivity index (χ2n) is 4.37. The van der Waals surface area contributed by atoms with Gasteiger partial charge in [-0.3, -0.25) is 0 Å². The maximum Gasteiger partial charge on any atom is 0.372 e. The van der Waals surface area contributed by atoms with Crippen LogP contribution in [-0.4, -0.2) is 16.2 Å². The fraction of sp³-hybridized carbons (Fsp3) is 0.143. The number of aromatic carboxylic acids is 1. The number of hydrogen-bond donors (Lipinski definition) is 1. The summed E-state index contributed by atoms with van der Waals surface area (Å²) in [5, 5.41) is 13.7. The second-order valence-corrected chi connectivity index (χ2v) is 4.37. The molecule has 3 aromatic rings. The highest BCUT2D eigenvalue weighted by Crippen LogP contribution is 2.34. The average Bonchev–Trinajstić information content (AvgIpc) is 2.94. The molecule has 1 N–H and O–H groups in total. The van der Waals surface area contributed by atoms with Gasteiger partial charge in [0, 0.05) is 22.6 Å². The Hall–Kier alpha value is -2.56. The van der Waals surface area contributed by atoms with Crippen LogP contribution in [0.5, 0.6) is 0 Å². The fourth-order valence-electron chi connectivity index (χ4n) is 2.20. The highest BCUT2D eigenvalue weighted by atomic mass is 16.5. The Kier molecular flexibility index (Phi) is 2.41. The van der Waals surface area contributed by atoms with E-state index >= 15 is 0 Å². The van der Waals surface area contributed by atoms with E-state index in [2.05, 4.69) is 5.16 Å². The smallest absolute Gasteiger partial charge is 0.372 e. The molecule has 0 saturated carbocycles. The molecule has 3 rings (SSSR count). The van der Waals surface area contributed by atoms with Crippen LogP contribution in [-0.2, 0) is 0 Å². The van der Waals surface area contributed by atoms with E-state index in [4.69, 9.17) is 14.0 Å². The third kappa shape index (κ3) is 1.71. The Labute approximate surface area is 108 Å². The molecule has 0 amide bonds. The van der Waals surface area contributed by atoms with Crippen molar-refractivity contribution in [3.8, 4) is 11.3 Å². The van der Waals surface area contributed by atoms with E-state index in [0.29, 0.717) is 16.9 Å². The number of carbonyl (C=O) groups is 1. The summed E-state index contributed by atoms with van der Waals surface area (Å²) in [6, 6.07) is 7.20. The Morgan fingerprint density at radius 2 is 2.11 bits per heavy atom. The van der Waals surface area contributed by atoms with Crippen LogP contribution in [0.25, 0.3) is 22.3 Å². The van der Waals surface area contributed by atoms with Crippen molar-refractivity contribution in [2.75, 3.05) is 0 Å². The molecule has 0 unspecified atom stereocenters. The van der Waals surface area contributed by atoms with E-state index in [-0.39, 0.29) is 5.76 Å². The molecule has 5 nitrogen and oxygen atoms in total. The lowest BCUT2D eigenvalue weighted by Gasteiger charge is -1.98. The summed E-state index contributed by atoms with van der Waals surface area (Å²) < 4.78 is 10.6. The molecular weight excluding hydrogens is 246 g/mol. The lowest BCUT2D eigenvalue weighted by Crippen LogP contribution is -1.95. The summed E-state index contributed by atoms with van der Waals surface area (Å²) in [6.45, 7) is 3.56. The van der Waals surface area contributed by atoms with Crippen molar-refractivity contribution in [1.29, 1.82) is 0 Å². The predicted molar refractivity (Wildman–Crippen MR) is 68.1 cm³/mol. The maximum atomic E-state index is 11.1. The molecule has 0 spiro atoms. The third-order valence-electron chi connectivity index (χ3n) is 3.04. The van der Waals surface area contributed by atoms with E-state index in [1.807, 2.05) is 19.1 Å². The first kappa shape index (κ1) is 11.5. The quantitative estimate of drug-likeness (QED) is 0.761. The van der Waals surface area contributed by atoms with Crippen LogP contribution in [0.1, 0.15) is 21.8 Å². The lowest BCUT2D eigenvalue weighted by molar-refractivity contribution is 0.0664. The second kappa shape index (κ2) is 3.98. The standard InChI is InChI=1S/C14H11NO4/c1-7-6-11(19-15-7)9-4-3-5-10-12(9)8(2)13(18-10)14(16)17/h3-6H,1-2H3,(H,16,17). The SMILES string of the molecule is Cc1cc(-c2cccc3oc(C(=O)O)c(C)c23)on1. The van der Waals surface area contributed by atoms with Gasteiger partial charge in [-0.05, 0) is 19.9 Å². The summed E-state index contributed by atoms with van der Waals surface area (Å²) in [5.41, 5.74) is 2.67. The van der Waals surface area contributed by atoms with Gasteiger partial charge in [-0.2, -0.15) is 0 Å². The van der Waals surface area contributed by atoms with E-state index in [9.17, 15) is 4.79 Å². The average molecular weight is 257 g/mol. The van der Waals surface area contributed by atoms with Gasteiger partial charge in [0.1, 0.15) is 5.58 Å². The van der Waals surface area contributed by atoms with Gasteiger partial charge in [0.2, 0.25) is 5.76 Å². The number of benzene rings is 1. The van der Waals surface area contributed by atoms with Gasteiger partial charge in [0.25, 0.3) is 0 Å². The molecule has 0 aliphatic rings. The first-order valence-corrected chi connectivity index (χ1v) is 5.77. The van der Waals surface area contributed by atoms with Crippen LogP contribution in [0.2, 0.25) is 0 Å². The monoisotopic (exact) mass is 257 g/mol. The zero-order valence-corrected chi connectivity index (χ0v) is 10.4. The normalized spacial score (nSPS) is 11.1. The molecule has 1 aromatic carbocycles. The highest BCUT2D eigenvalue weighted by molar-refractivity contribution is 6.01. The highest BCUT2D eigenvalue weighted by Gasteiger charge is 2.20. The van der Waals surface area contributed by atoms with Gasteiger partial charge in [-0.15, -0.1) is 0 Å². The molecule has 2 heterocycles. The van der Waals surface area contributed by atoms with E-state index in [0.717, 1.165) is 16.6 Å². The Balaban J connectivity index is 2.34. The van der Waals surface area contributed by atoms with Crippen molar-refractivity contribution in [2.45, 2.75) is 13.8 Å². The van der Waals surface area contributed by atoms with Crippen LogP contribution < -0.4 is 0 Å². The molecule has 19 heavy (non-hydrogen) atoms. The third-order valence-corrected chi connectivity index (χ3v) is 3.04. The number of furan rings is 1. The fourth-order valence-corrected chi connectivity index (χ4v) is 2.20. The van der Waals surface area contributed by atoms with Gasteiger partial charge in [0.15, 0.2) is 5.76 Å². The summed E-state index contributed by atoms with van der Waals surface area (Å²) in [7, 11) is 0. The Morgan fingerprint density at radius 3 is 2.74 bits per heavy atom. The zero-order chi connectivity index (χ0) is 13.6. The summed E-state index contributed by atoms with van der Waals surface area (Å²) in [5.74, 6) is -0.518. The van der Waals surface area contributed by atoms with E-state index in [1.54, 1.807) is 19.1 Å². The Morgan fingerprint density at radius 1 is 1.32 bits per heavy atom. The number of nitrogens with zero attached hydrogens (tertiary/aromatic N) is 1. The van der Waals surface area contributed by atoms with Crippen molar-refractivity contribution in [2.24, 2.45) is 0 Å². The topological polar surface area (TPSA) is 76.5 Å². The van der Waals surface area contributed by atoms with Crippen LogP contribution in [0.4, 0.5) is 0 Å². The Bertz CT molecular complexity index is 782. The van der Waals surface area contributed by atoms with Crippen LogP contribution in [0, 0.1) is 13.8 Å². The van der Waals surface area contributed by atoms with Crippen molar-refractivity contribution >= 4 is 16.9 Å². The van der Waals surface area contributed by atoms with Crippen LogP contribution in [0.15, 0.2) is 33.2 Å². The summed E-state index contributed by atoms with van der Waals surface area (Å²) in [4.78, 5) is 11.1. The predicted octanol–water partition coefficient (Wildman–Crippen LogP) is 3.40. The molecule has 5 heteroatoms. The number of aromatic nitrogens is 1. The first-order valence-electron chi connectivity index (χ1n) is 5.77. The molecular formula is C14H11NO4. The van der Waals surface area contributed by atoms with Crippen molar-refractivity contribution in [3.05, 3.63) is 41.3 Å².